The number of pyridine rings is 1. The molecule has 1 rings (SSSR count). The Kier molecular flexibility index (Phi) is 5.65. The van der Waals surface area contributed by atoms with E-state index < -0.39 is 18.1 Å². The van der Waals surface area contributed by atoms with E-state index in [4.69, 9.17) is 11.6 Å². The van der Waals surface area contributed by atoms with Gasteiger partial charge in [0.1, 0.15) is 0 Å². The fourth-order valence-electron chi connectivity index (χ4n) is 1.24. The normalized spacial score (nSPS) is 11.3. The van der Waals surface area contributed by atoms with Crippen LogP contribution in [-0.2, 0) is 21.8 Å². The molecular formula is C10H8ClF3INO3. The fraction of sp³-hybridized carbons (Fsp3) is 0.400. The Morgan fingerprint density at radius 2 is 2.16 bits per heavy atom. The van der Waals surface area contributed by atoms with Gasteiger partial charge in [-0.05, 0) is 22.6 Å². The number of hydrogen-bond acceptors (Lipinski definition) is 4. The molecule has 0 aliphatic heterocycles. The predicted octanol–water partition coefficient (Wildman–Crippen LogP) is 3.04. The number of carbonyl (C=O) groups excluding carboxylic acids is 1. The molecule has 0 amide bonds. The van der Waals surface area contributed by atoms with Gasteiger partial charge in [0.2, 0.25) is 0 Å². The number of carbonyl (C=O) groups is 1. The topological polar surface area (TPSA) is 48.4 Å². The van der Waals surface area contributed by atoms with Crippen LogP contribution in [0.1, 0.15) is 11.3 Å². The summed E-state index contributed by atoms with van der Waals surface area (Å²) in [5, 5.41) is 0. The van der Waals surface area contributed by atoms with E-state index in [1.54, 1.807) is 22.6 Å². The highest BCUT2D eigenvalue weighted by atomic mass is 127. The number of nitrogens with zero attached hydrogens (tertiary/aromatic N) is 1. The summed E-state index contributed by atoms with van der Waals surface area (Å²) in [6.45, 7) is 0. The zero-order valence-electron chi connectivity index (χ0n) is 9.55. The molecular weight excluding hydrogens is 401 g/mol. The van der Waals surface area contributed by atoms with E-state index in [9.17, 15) is 18.0 Å². The van der Waals surface area contributed by atoms with Gasteiger partial charge in [-0.25, -0.2) is 0 Å². The molecule has 0 radical (unpaired) electrons. The SMILES string of the molecule is COC(=O)Cc1ncc(OC(F)(F)F)c(I)c1CCl. The molecule has 0 aliphatic carbocycles. The Labute approximate surface area is 125 Å². The van der Waals surface area contributed by atoms with E-state index in [1.165, 1.54) is 7.11 Å². The predicted molar refractivity (Wildman–Crippen MR) is 68.9 cm³/mol. The van der Waals surface area contributed by atoms with Crippen molar-refractivity contribution < 1.29 is 27.4 Å². The fourth-order valence-corrected chi connectivity index (χ4v) is 2.50. The van der Waals surface area contributed by atoms with Crippen LogP contribution in [0.3, 0.4) is 0 Å². The van der Waals surface area contributed by atoms with Crippen LogP contribution in [0, 0.1) is 3.57 Å². The van der Waals surface area contributed by atoms with Gasteiger partial charge < -0.3 is 9.47 Å². The molecule has 1 heterocycles. The number of methoxy groups -OCH3 is 1. The average Bonchev–Trinajstić information content (AvgIpc) is 2.31. The second-order valence-corrected chi connectivity index (χ2v) is 4.64. The van der Waals surface area contributed by atoms with Crippen LogP contribution in [0.2, 0.25) is 0 Å². The second-order valence-electron chi connectivity index (χ2n) is 3.30. The zero-order valence-corrected chi connectivity index (χ0v) is 12.5. The molecule has 0 bridgehead atoms. The third-order valence-electron chi connectivity index (χ3n) is 2.07. The number of halogens is 5. The molecule has 9 heteroatoms. The lowest BCUT2D eigenvalue weighted by Gasteiger charge is -2.14. The van der Waals surface area contributed by atoms with Gasteiger partial charge >= 0.3 is 12.3 Å². The summed E-state index contributed by atoms with van der Waals surface area (Å²) in [7, 11) is 1.20. The Morgan fingerprint density at radius 1 is 1.53 bits per heavy atom. The van der Waals surface area contributed by atoms with Crippen LogP contribution >= 0.6 is 34.2 Å². The second kappa shape index (κ2) is 6.60. The maximum atomic E-state index is 12.2. The molecule has 19 heavy (non-hydrogen) atoms. The van der Waals surface area contributed by atoms with Crippen molar-refractivity contribution in [3.63, 3.8) is 0 Å². The van der Waals surface area contributed by atoms with Crippen LogP contribution in [0.15, 0.2) is 6.20 Å². The standard InChI is InChI=1S/C10H8ClF3INO3/c1-18-8(17)2-6-5(3-11)9(15)7(4-16-6)19-10(12,13)14/h4H,2-3H2,1H3. The third-order valence-corrected chi connectivity index (χ3v) is 3.52. The van der Waals surface area contributed by atoms with Gasteiger partial charge in [-0.15, -0.1) is 24.8 Å². The van der Waals surface area contributed by atoms with Crippen molar-refractivity contribution in [2.45, 2.75) is 18.7 Å². The molecule has 106 valence electrons. The summed E-state index contributed by atoms with van der Waals surface area (Å²) in [5.74, 6) is -1.09. The Bertz CT molecular complexity index is 482. The number of ether oxygens (including phenoxy) is 2. The van der Waals surface area contributed by atoms with Crippen molar-refractivity contribution in [2.24, 2.45) is 0 Å². The van der Waals surface area contributed by atoms with Crippen molar-refractivity contribution in [1.29, 1.82) is 0 Å². The molecule has 0 unspecified atom stereocenters. The lowest BCUT2D eigenvalue weighted by Crippen LogP contribution is -2.19. The molecule has 1 aromatic rings. The highest BCUT2D eigenvalue weighted by Crippen LogP contribution is 2.31. The smallest absolute Gasteiger partial charge is 0.469 e. The maximum absolute atomic E-state index is 12.2. The summed E-state index contributed by atoms with van der Waals surface area (Å²) < 4.78 is 44.9. The summed E-state index contributed by atoms with van der Waals surface area (Å²) in [4.78, 5) is 14.9. The summed E-state index contributed by atoms with van der Waals surface area (Å²) in [6, 6.07) is 0. The van der Waals surface area contributed by atoms with Crippen LogP contribution < -0.4 is 4.74 Å². The first-order valence-electron chi connectivity index (χ1n) is 4.83. The van der Waals surface area contributed by atoms with Gasteiger partial charge in [0.25, 0.3) is 0 Å². The molecule has 0 spiro atoms. The van der Waals surface area contributed by atoms with Gasteiger partial charge in [-0.3, -0.25) is 9.78 Å². The minimum atomic E-state index is -4.81. The van der Waals surface area contributed by atoms with Crippen LogP contribution in [-0.4, -0.2) is 24.4 Å². The van der Waals surface area contributed by atoms with Crippen molar-refractivity contribution in [1.82, 2.24) is 4.98 Å². The molecule has 1 aromatic heterocycles. The Morgan fingerprint density at radius 3 is 2.63 bits per heavy atom. The quantitative estimate of drug-likeness (QED) is 0.436. The molecule has 0 N–H and O–H groups in total. The molecule has 4 nitrogen and oxygen atoms in total. The van der Waals surface area contributed by atoms with E-state index in [2.05, 4.69) is 14.5 Å². The van der Waals surface area contributed by atoms with Crippen LogP contribution in [0.25, 0.3) is 0 Å². The van der Waals surface area contributed by atoms with Crippen LogP contribution in [0.4, 0.5) is 13.2 Å². The number of alkyl halides is 4. The van der Waals surface area contributed by atoms with E-state index >= 15 is 0 Å². The number of esters is 1. The summed E-state index contributed by atoms with van der Waals surface area (Å²) in [5.41, 5.74) is 0.579. The van der Waals surface area contributed by atoms with Gasteiger partial charge in [0.05, 0.1) is 34.9 Å². The lowest BCUT2D eigenvalue weighted by atomic mass is 10.1. The Hall–Kier alpha value is -0.770. The van der Waals surface area contributed by atoms with Gasteiger partial charge in [-0.1, -0.05) is 0 Å². The minimum Gasteiger partial charge on any atom is -0.469 e. The van der Waals surface area contributed by atoms with Gasteiger partial charge in [0.15, 0.2) is 5.75 Å². The molecule has 0 aliphatic rings. The minimum absolute atomic E-state index is 0.0906. The van der Waals surface area contributed by atoms with Crippen LogP contribution in [0.5, 0.6) is 5.75 Å². The number of hydrogen-bond donors (Lipinski definition) is 0. The third kappa shape index (κ3) is 4.68. The van der Waals surface area contributed by atoms with Crippen molar-refractivity contribution in [2.75, 3.05) is 7.11 Å². The van der Waals surface area contributed by atoms with Crippen molar-refractivity contribution >= 4 is 40.2 Å². The van der Waals surface area contributed by atoms with Crippen molar-refractivity contribution in [3.8, 4) is 5.75 Å². The van der Waals surface area contributed by atoms with Gasteiger partial charge in [0, 0.05) is 5.56 Å². The highest BCUT2D eigenvalue weighted by molar-refractivity contribution is 14.1. The lowest BCUT2D eigenvalue weighted by molar-refractivity contribution is -0.275. The first kappa shape index (κ1) is 16.3. The number of rotatable bonds is 4. The first-order valence-corrected chi connectivity index (χ1v) is 6.44. The first-order chi connectivity index (χ1) is 8.78. The molecule has 0 saturated heterocycles. The largest absolute Gasteiger partial charge is 0.573 e. The van der Waals surface area contributed by atoms with E-state index in [0.717, 1.165) is 6.20 Å². The molecule has 0 aromatic carbocycles. The van der Waals surface area contributed by atoms with Crippen molar-refractivity contribution in [3.05, 3.63) is 21.0 Å². The molecule has 0 fully saturated rings. The molecule has 0 saturated carbocycles. The van der Waals surface area contributed by atoms with E-state index in [0.29, 0.717) is 5.56 Å². The van der Waals surface area contributed by atoms with Gasteiger partial charge in [-0.2, -0.15) is 0 Å². The Balaban J connectivity index is 3.12. The number of aromatic nitrogens is 1. The van der Waals surface area contributed by atoms with E-state index in [1.807, 2.05) is 0 Å². The summed E-state index contributed by atoms with van der Waals surface area (Å²) >= 11 is 7.34. The molecule has 0 atom stereocenters. The summed E-state index contributed by atoms with van der Waals surface area (Å²) in [6.07, 6.45) is -4.07. The monoisotopic (exact) mass is 409 g/mol. The van der Waals surface area contributed by atoms with E-state index in [-0.39, 0.29) is 21.6 Å². The maximum Gasteiger partial charge on any atom is 0.573 e. The average molecular weight is 410 g/mol. The zero-order chi connectivity index (χ0) is 14.6. The highest BCUT2D eigenvalue weighted by Gasteiger charge is 2.33.